The molecule has 0 heterocycles. The molecule has 0 saturated heterocycles. The van der Waals surface area contributed by atoms with Crippen molar-refractivity contribution in [1.29, 1.82) is 0 Å². The summed E-state index contributed by atoms with van der Waals surface area (Å²) in [7, 11) is 0. The normalized spacial score (nSPS) is 13.4. The van der Waals surface area contributed by atoms with Crippen LogP contribution in [0.5, 0.6) is 5.75 Å². The van der Waals surface area contributed by atoms with Crippen molar-refractivity contribution in [2.75, 3.05) is 13.2 Å². The molecule has 0 fully saturated rings. The minimum Gasteiger partial charge on any atom is -0.490 e. The molecule has 110 valence electrons. The molecule has 1 unspecified atom stereocenters. The van der Waals surface area contributed by atoms with Gasteiger partial charge in [-0.15, -0.1) is 0 Å². The van der Waals surface area contributed by atoms with E-state index in [1.54, 1.807) is 6.92 Å². The molecule has 0 aliphatic rings. The van der Waals surface area contributed by atoms with Gasteiger partial charge in [0.2, 0.25) is 0 Å². The van der Waals surface area contributed by atoms with Gasteiger partial charge in [-0.2, -0.15) is 0 Å². The molecule has 8 heteroatoms. The number of nitro groups is 1. The van der Waals surface area contributed by atoms with Crippen LogP contribution in [-0.4, -0.2) is 29.6 Å². The Balaban J connectivity index is 2.81. The first-order chi connectivity index (χ1) is 9.27. The monoisotopic (exact) mass is 346 g/mol. The minimum atomic E-state index is -1.33. The third kappa shape index (κ3) is 4.17. The third-order valence-corrected chi connectivity index (χ3v) is 3.05. The number of halogens is 1. The third-order valence-electron chi connectivity index (χ3n) is 2.39. The number of hydrogen-bond donors (Lipinski definition) is 1. The number of carbonyl (C=O) groups is 1. The summed E-state index contributed by atoms with van der Waals surface area (Å²) in [5, 5.41) is 10.7. The molecule has 0 saturated carbocycles. The highest BCUT2D eigenvalue weighted by atomic mass is 79.9. The van der Waals surface area contributed by atoms with Gasteiger partial charge in [0.05, 0.1) is 22.1 Å². The van der Waals surface area contributed by atoms with Gasteiger partial charge in [0.1, 0.15) is 17.9 Å². The Labute approximate surface area is 124 Å². The molecule has 1 aromatic rings. The van der Waals surface area contributed by atoms with Crippen LogP contribution in [0.1, 0.15) is 13.8 Å². The van der Waals surface area contributed by atoms with Crippen LogP contribution >= 0.6 is 15.9 Å². The summed E-state index contributed by atoms with van der Waals surface area (Å²) in [6.07, 6.45) is 0. The Kier molecular flexibility index (Phi) is 5.46. The number of ether oxygens (including phenoxy) is 2. The Hall–Kier alpha value is -1.67. The maximum absolute atomic E-state index is 11.6. The van der Waals surface area contributed by atoms with Crippen molar-refractivity contribution in [2.24, 2.45) is 5.73 Å². The van der Waals surface area contributed by atoms with E-state index in [4.69, 9.17) is 15.2 Å². The fraction of sp³-hybridized carbons (Fsp3) is 0.417. The molecule has 0 spiro atoms. The molecule has 0 amide bonds. The fourth-order valence-electron chi connectivity index (χ4n) is 1.30. The van der Waals surface area contributed by atoms with Crippen LogP contribution in [0.15, 0.2) is 22.7 Å². The summed E-state index contributed by atoms with van der Waals surface area (Å²) in [4.78, 5) is 21.8. The van der Waals surface area contributed by atoms with E-state index in [2.05, 4.69) is 15.9 Å². The number of esters is 1. The second kappa shape index (κ2) is 6.67. The van der Waals surface area contributed by atoms with Gasteiger partial charge in [-0.25, -0.2) is 4.79 Å². The highest BCUT2D eigenvalue weighted by molar-refractivity contribution is 9.10. The van der Waals surface area contributed by atoms with Crippen LogP contribution in [0.3, 0.4) is 0 Å². The average molecular weight is 347 g/mol. The van der Waals surface area contributed by atoms with Gasteiger partial charge in [0.25, 0.3) is 5.69 Å². The van der Waals surface area contributed by atoms with Crippen molar-refractivity contribution in [1.82, 2.24) is 0 Å². The zero-order valence-electron chi connectivity index (χ0n) is 11.1. The first kappa shape index (κ1) is 16.4. The van der Waals surface area contributed by atoms with Crippen LogP contribution in [0, 0.1) is 10.1 Å². The van der Waals surface area contributed by atoms with E-state index in [1.165, 1.54) is 25.1 Å². The maximum Gasteiger partial charge on any atom is 0.329 e. The number of non-ortho nitro benzene ring substituents is 1. The summed E-state index contributed by atoms with van der Waals surface area (Å²) >= 11 is 3.21. The van der Waals surface area contributed by atoms with Gasteiger partial charge in [-0.3, -0.25) is 10.1 Å². The largest absolute Gasteiger partial charge is 0.490 e. The first-order valence-corrected chi connectivity index (χ1v) is 6.60. The number of carbonyl (C=O) groups excluding carboxylic acids is 1. The lowest BCUT2D eigenvalue weighted by atomic mass is 10.1. The summed E-state index contributed by atoms with van der Waals surface area (Å²) in [6.45, 7) is 3.19. The predicted molar refractivity (Wildman–Crippen MR) is 75.5 cm³/mol. The van der Waals surface area contributed by atoms with E-state index in [0.717, 1.165) is 0 Å². The highest BCUT2D eigenvalue weighted by Gasteiger charge is 2.31. The molecule has 1 atom stereocenters. The van der Waals surface area contributed by atoms with Gasteiger partial charge >= 0.3 is 5.97 Å². The zero-order chi connectivity index (χ0) is 15.3. The van der Waals surface area contributed by atoms with E-state index in [-0.39, 0.29) is 24.7 Å². The fourth-order valence-corrected chi connectivity index (χ4v) is 1.66. The highest BCUT2D eigenvalue weighted by Crippen LogP contribution is 2.29. The Morgan fingerprint density at radius 2 is 2.20 bits per heavy atom. The van der Waals surface area contributed by atoms with Crippen molar-refractivity contribution in [3.05, 3.63) is 32.8 Å². The second-order valence-electron chi connectivity index (χ2n) is 4.30. The summed E-state index contributed by atoms with van der Waals surface area (Å²) < 4.78 is 10.7. The molecule has 0 bridgehead atoms. The number of rotatable bonds is 6. The molecule has 1 rings (SSSR count). The van der Waals surface area contributed by atoms with Crippen LogP contribution in [0.25, 0.3) is 0 Å². The molecule has 0 aliphatic heterocycles. The standard InChI is InChI=1S/C12H15BrN2O5/c1-3-19-11(16)12(2,14)7-20-10-6-8(15(17)18)4-5-9(10)13/h4-6H,3,7,14H2,1-2H3. The average Bonchev–Trinajstić information content (AvgIpc) is 2.37. The topological polar surface area (TPSA) is 105 Å². The molecular formula is C12H15BrN2O5. The van der Waals surface area contributed by atoms with Gasteiger partial charge in [-0.05, 0) is 35.8 Å². The van der Waals surface area contributed by atoms with Gasteiger partial charge < -0.3 is 15.2 Å². The van der Waals surface area contributed by atoms with Crippen molar-refractivity contribution >= 4 is 27.6 Å². The lowest BCUT2D eigenvalue weighted by Gasteiger charge is -2.22. The lowest BCUT2D eigenvalue weighted by Crippen LogP contribution is -2.51. The molecule has 0 radical (unpaired) electrons. The summed E-state index contributed by atoms with van der Waals surface area (Å²) in [5.41, 5.74) is 4.35. The quantitative estimate of drug-likeness (QED) is 0.480. The van der Waals surface area contributed by atoms with E-state index < -0.39 is 16.4 Å². The van der Waals surface area contributed by atoms with E-state index in [1.807, 2.05) is 0 Å². The molecular weight excluding hydrogens is 332 g/mol. The molecule has 1 aromatic carbocycles. The Morgan fingerprint density at radius 3 is 2.75 bits per heavy atom. The summed E-state index contributed by atoms with van der Waals surface area (Å²) in [5.74, 6) is -0.360. The van der Waals surface area contributed by atoms with Gasteiger partial charge in [-0.1, -0.05) is 0 Å². The first-order valence-electron chi connectivity index (χ1n) is 5.80. The van der Waals surface area contributed by atoms with E-state index >= 15 is 0 Å². The van der Waals surface area contributed by atoms with Crippen LogP contribution in [0.4, 0.5) is 5.69 Å². The Morgan fingerprint density at radius 1 is 1.55 bits per heavy atom. The van der Waals surface area contributed by atoms with Gasteiger partial charge in [0.15, 0.2) is 0 Å². The molecule has 2 N–H and O–H groups in total. The van der Waals surface area contributed by atoms with Gasteiger partial charge in [0, 0.05) is 6.07 Å². The van der Waals surface area contributed by atoms with E-state index in [9.17, 15) is 14.9 Å². The van der Waals surface area contributed by atoms with Crippen LogP contribution < -0.4 is 10.5 Å². The minimum absolute atomic E-state index is 0.113. The van der Waals surface area contributed by atoms with Crippen LogP contribution in [-0.2, 0) is 9.53 Å². The molecule has 0 aromatic heterocycles. The SMILES string of the molecule is CCOC(=O)C(C)(N)COc1cc([N+](=O)[O-])ccc1Br. The summed E-state index contributed by atoms with van der Waals surface area (Å²) in [6, 6.07) is 4.08. The Bertz CT molecular complexity index is 519. The number of nitrogens with two attached hydrogens (primary N) is 1. The number of nitro benzene ring substituents is 1. The second-order valence-corrected chi connectivity index (χ2v) is 5.15. The predicted octanol–water partition coefficient (Wildman–Crippen LogP) is 2.02. The number of nitrogens with zero attached hydrogens (tertiary/aromatic N) is 1. The van der Waals surface area contributed by atoms with Crippen LogP contribution in [0.2, 0.25) is 0 Å². The van der Waals surface area contributed by atoms with Crippen molar-refractivity contribution in [3.8, 4) is 5.75 Å². The lowest BCUT2D eigenvalue weighted by molar-refractivity contribution is -0.385. The van der Waals surface area contributed by atoms with Crippen molar-refractivity contribution in [2.45, 2.75) is 19.4 Å². The van der Waals surface area contributed by atoms with Crippen molar-refractivity contribution in [3.63, 3.8) is 0 Å². The number of hydrogen-bond acceptors (Lipinski definition) is 6. The molecule has 7 nitrogen and oxygen atoms in total. The van der Waals surface area contributed by atoms with Crippen molar-refractivity contribution < 1.29 is 19.2 Å². The molecule has 0 aliphatic carbocycles. The molecule has 20 heavy (non-hydrogen) atoms. The smallest absolute Gasteiger partial charge is 0.329 e. The van der Waals surface area contributed by atoms with E-state index in [0.29, 0.717) is 4.47 Å². The maximum atomic E-state index is 11.6. The number of benzene rings is 1. The zero-order valence-corrected chi connectivity index (χ0v) is 12.7.